The third-order valence-corrected chi connectivity index (χ3v) is 5.21. The van der Waals surface area contributed by atoms with Gasteiger partial charge in [-0.1, -0.05) is 76.6 Å². The number of aliphatic hydroxyl groups excluding tert-OH is 1. The molecule has 3 rings (SSSR count). The Morgan fingerprint density at radius 3 is 1.89 bits per heavy atom. The maximum Gasteiger partial charge on any atom is 0.186 e. The van der Waals surface area contributed by atoms with E-state index in [0.29, 0.717) is 18.5 Å². The lowest BCUT2D eigenvalue weighted by molar-refractivity contribution is -0.302. The van der Waals surface area contributed by atoms with Crippen LogP contribution in [0.2, 0.25) is 0 Å². The van der Waals surface area contributed by atoms with Crippen LogP contribution in [0.1, 0.15) is 11.1 Å². The summed E-state index contributed by atoms with van der Waals surface area (Å²) in [5, 5.41) is 11.3. The molecule has 1 N–H and O–H groups in total. The van der Waals surface area contributed by atoms with E-state index < -0.39 is 24.6 Å². The van der Waals surface area contributed by atoms with Crippen LogP contribution in [0, 0.1) is 0 Å². The minimum atomic E-state index is -0.949. The van der Waals surface area contributed by atoms with Gasteiger partial charge in [0, 0.05) is 12.4 Å². The van der Waals surface area contributed by atoms with E-state index in [-0.39, 0.29) is 6.10 Å². The topological polar surface area (TPSA) is 57.2 Å². The van der Waals surface area contributed by atoms with E-state index in [9.17, 15) is 5.11 Å². The summed E-state index contributed by atoms with van der Waals surface area (Å²) in [6.45, 7) is 0.785. The summed E-state index contributed by atoms with van der Waals surface area (Å²) in [5.74, 6) is 0. The highest BCUT2D eigenvalue weighted by atomic mass is 79.9. The zero-order valence-electron chi connectivity index (χ0n) is 15.2. The minimum absolute atomic E-state index is 0.303. The molecule has 0 radical (unpaired) electrons. The first kappa shape index (κ1) is 20.5. The van der Waals surface area contributed by atoms with Crippen molar-refractivity contribution in [1.82, 2.24) is 0 Å². The highest BCUT2D eigenvalue weighted by molar-refractivity contribution is 9.09. The normalized spacial score (nSPS) is 28.2. The number of rotatable bonds is 8. The van der Waals surface area contributed by atoms with Crippen LogP contribution in [0.15, 0.2) is 60.7 Å². The standard InChI is InChI=1S/C21H25BrO5/c1-24-21-18(23)20(26-14-16-10-6-3-7-11-16)19(17(12-22)27-21)25-13-15-8-4-2-5-9-15/h2-11,17-21,23H,12-14H2,1H3/t17-,18+,19-,20+,21+/m1/s1. The van der Waals surface area contributed by atoms with E-state index in [2.05, 4.69) is 15.9 Å². The fraction of sp³-hybridized carbons (Fsp3) is 0.429. The van der Waals surface area contributed by atoms with Gasteiger partial charge in [-0.2, -0.15) is 0 Å². The Kier molecular flexibility index (Phi) is 7.81. The molecule has 0 amide bonds. The minimum Gasteiger partial charge on any atom is -0.385 e. The van der Waals surface area contributed by atoms with Crippen LogP contribution in [0.5, 0.6) is 0 Å². The first-order valence-electron chi connectivity index (χ1n) is 8.96. The van der Waals surface area contributed by atoms with E-state index in [1.54, 1.807) is 0 Å². The molecule has 146 valence electrons. The van der Waals surface area contributed by atoms with E-state index in [1.165, 1.54) is 7.11 Å². The summed E-state index contributed by atoms with van der Waals surface area (Å²) in [5.41, 5.74) is 2.08. The fourth-order valence-corrected chi connectivity index (χ4v) is 3.66. The summed E-state index contributed by atoms with van der Waals surface area (Å²) in [7, 11) is 1.51. The molecule has 1 aliphatic rings. The maximum atomic E-state index is 10.7. The van der Waals surface area contributed by atoms with Gasteiger partial charge in [-0.15, -0.1) is 0 Å². The second-order valence-corrected chi connectivity index (χ2v) is 7.09. The van der Waals surface area contributed by atoms with Crippen molar-refractivity contribution in [2.45, 2.75) is 43.9 Å². The van der Waals surface area contributed by atoms with Gasteiger partial charge in [0.15, 0.2) is 6.29 Å². The molecule has 5 nitrogen and oxygen atoms in total. The lowest BCUT2D eigenvalue weighted by atomic mass is 9.99. The fourth-order valence-electron chi connectivity index (χ4n) is 3.14. The highest BCUT2D eigenvalue weighted by Crippen LogP contribution is 2.29. The van der Waals surface area contributed by atoms with Crippen molar-refractivity contribution >= 4 is 15.9 Å². The zero-order chi connectivity index (χ0) is 19.1. The van der Waals surface area contributed by atoms with Crippen LogP contribution in [-0.2, 0) is 32.2 Å². The van der Waals surface area contributed by atoms with E-state index in [4.69, 9.17) is 18.9 Å². The summed E-state index contributed by atoms with van der Waals surface area (Å²) in [6.07, 6.45) is -3.02. The Labute approximate surface area is 168 Å². The van der Waals surface area contributed by atoms with Gasteiger partial charge in [0.05, 0.1) is 19.3 Å². The number of aliphatic hydroxyl groups is 1. The Bertz CT molecular complexity index is 669. The van der Waals surface area contributed by atoms with Crippen molar-refractivity contribution < 1.29 is 24.1 Å². The molecule has 2 aromatic rings. The first-order valence-corrected chi connectivity index (χ1v) is 10.1. The molecule has 2 aromatic carbocycles. The molecule has 6 heteroatoms. The molecule has 5 atom stereocenters. The first-order chi connectivity index (χ1) is 13.2. The Hall–Kier alpha value is -1.28. The third-order valence-electron chi connectivity index (χ3n) is 4.57. The molecule has 0 saturated carbocycles. The van der Waals surface area contributed by atoms with Crippen LogP contribution in [0.3, 0.4) is 0 Å². The molecule has 0 spiro atoms. The van der Waals surface area contributed by atoms with Crippen LogP contribution < -0.4 is 0 Å². The number of hydrogen-bond acceptors (Lipinski definition) is 5. The molecule has 1 saturated heterocycles. The number of halogens is 1. The predicted octanol–water partition coefficient (Wildman–Crippen LogP) is 3.28. The summed E-state index contributed by atoms with van der Waals surface area (Å²) in [4.78, 5) is 0. The molecule has 0 aliphatic carbocycles. The molecular formula is C21H25BrO5. The van der Waals surface area contributed by atoms with Crippen molar-refractivity contribution in [1.29, 1.82) is 0 Å². The number of hydrogen-bond donors (Lipinski definition) is 1. The summed E-state index contributed by atoms with van der Waals surface area (Å²) >= 11 is 3.48. The molecule has 1 fully saturated rings. The summed E-state index contributed by atoms with van der Waals surface area (Å²) < 4.78 is 23.4. The largest absolute Gasteiger partial charge is 0.385 e. The lowest BCUT2D eigenvalue weighted by Gasteiger charge is -2.43. The van der Waals surface area contributed by atoms with Gasteiger partial charge in [-0.25, -0.2) is 0 Å². The molecule has 0 aromatic heterocycles. The number of ether oxygens (including phenoxy) is 4. The van der Waals surface area contributed by atoms with Gasteiger partial charge in [0.1, 0.15) is 18.3 Å². The van der Waals surface area contributed by atoms with Crippen molar-refractivity contribution in [3.8, 4) is 0 Å². The zero-order valence-corrected chi connectivity index (χ0v) is 16.8. The lowest BCUT2D eigenvalue weighted by Crippen LogP contribution is -2.60. The quantitative estimate of drug-likeness (QED) is 0.643. The maximum absolute atomic E-state index is 10.7. The highest BCUT2D eigenvalue weighted by Gasteiger charge is 2.46. The van der Waals surface area contributed by atoms with E-state index >= 15 is 0 Å². The van der Waals surface area contributed by atoms with Crippen LogP contribution >= 0.6 is 15.9 Å². The van der Waals surface area contributed by atoms with Gasteiger partial charge < -0.3 is 24.1 Å². The number of methoxy groups -OCH3 is 1. The molecule has 0 bridgehead atoms. The molecule has 0 unspecified atom stereocenters. The van der Waals surface area contributed by atoms with Crippen LogP contribution in [0.25, 0.3) is 0 Å². The van der Waals surface area contributed by atoms with Gasteiger partial charge in [0.25, 0.3) is 0 Å². The van der Waals surface area contributed by atoms with E-state index in [1.807, 2.05) is 60.7 Å². The second-order valence-electron chi connectivity index (χ2n) is 6.45. The molecule has 1 aliphatic heterocycles. The van der Waals surface area contributed by atoms with Gasteiger partial charge >= 0.3 is 0 Å². The van der Waals surface area contributed by atoms with Crippen LogP contribution in [-0.4, -0.2) is 48.3 Å². The predicted molar refractivity (Wildman–Crippen MR) is 106 cm³/mol. The smallest absolute Gasteiger partial charge is 0.186 e. The van der Waals surface area contributed by atoms with E-state index in [0.717, 1.165) is 11.1 Å². The van der Waals surface area contributed by atoms with Crippen molar-refractivity contribution in [2.75, 3.05) is 12.4 Å². The average Bonchev–Trinajstić information content (AvgIpc) is 2.73. The van der Waals surface area contributed by atoms with Gasteiger partial charge in [0.2, 0.25) is 0 Å². The third kappa shape index (κ3) is 5.38. The van der Waals surface area contributed by atoms with Gasteiger partial charge in [-0.3, -0.25) is 0 Å². The Morgan fingerprint density at radius 2 is 1.41 bits per heavy atom. The average molecular weight is 437 g/mol. The van der Waals surface area contributed by atoms with Crippen LogP contribution in [0.4, 0.5) is 0 Å². The SMILES string of the molecule is CO[C@H]1O[C@H](CBr)[C@@H](OCc2ccccc2)[C@@H](OCc2ccccc2)[C@@H]1O. The Balaban J connectivity index is 1.73. The summed E-state index contributed by atoms with van der Waals surface area (Å²) in [6, 6.07) is 19.8. The van der Waals surface area contributed by atoms with Crippen molar-refractivity contribution in [3.63, 3.8) is 0 Å². The molecule has 1 heterocycles. The second kappa shape index (κ2) is 10.3. The molecular weight excluding hydrogens is 412 g/mol. The number of benzene rings is 2. The van der Waals surface area contributed by atoms with Gasteiger partial charge in [-0.05, 0) is 11.1 Å². The monoisotopic (exact) mass is 436 g/mol. The Morgan fingerprint density at radius 1 is 0.889 bits per heavy atom. The molecule has 27 heavy (non-hydrogen) atoms. The van der Waals surface area contributed by atoms with Crippen molar-refractivity contribution in [3.05, 3.63) is 71.8 Å². The number of alkyl halides is 1. The van der Waals surface area contributed by atoms with Crippen molar-refractivity contribution in [2.24, 2.45) is 0 Å².